The van der Waals surface area contributed by atoms with Crippen LogP contribution >= 0.6 is 0 Å². The number of hydrogen-bond acceptors (Lipinski definition) is 2. The summed E-state index contributed by atoms with van der Waals surface area (Å²) in [7, 11) is 0. The van der Waals surface area contributed by atoms with E-state index in [-0.39, 0.29) is 0 Å². The van der Waals surface area contributed by atoms with Crippen LogP contribution in [0.2, 0.25) is 0 Å². The van der Waals surface area contributed by atoms with Gasteiger partial charge >= 0.3 is 0 Å². The molecule has 1 N–H and O–H groups in total. The lowest BCUT2D eigenvalue weighted by atomic mass is 10.0. The monoisotopic (exact) mass is 251 g/mol. The van der Waals surface area contributed by atoms with Crippen LogP contribution < -0.4 is 5.32 Å². The van der Waals surface area contributed by atoms with Crippen molar-refractivity contribution in [1.29, 1.82) is 0 Å². The molecule has 0 unspecified atom stereocenters. The molecule has 0 saturated heterocycles. The van der Waals surface area contributed by atoms with Crippen molar-refractivity contribution >= 4 is 0 Å². The van der Waals surface area contributed by atoms with Gasteiger partial charge in [0.15, 0.2) is 0 Å². The first-order chi connectivity index (χ1) is 8.74. The van der Waals surface area contributed by atoms with Crippen molar-refractivity contribution in [2.24, 2.45) is 5.92 Å². The maximum Gasteiger partial charge on any atom is 0.122 e. The summed E-state index contributed by atoms with van der Waals surface area (Å²) < 4.78 is 2.19. The molecule has 1 heterocycles. The van der Waals surface area contributed by atoms with Crippen molar-refractivity contribution < 1.29 is 0 Å². The first kappa shape index (κ1) is 15.2. The highest BCUT2D eigenvalue weighted by molar-refractivity contribution is 4.91. The molecule has 0 aliphatic heterocycles. The molecule has 0 radical (unpaired) electrons. The van der Waals surface area contributed by atoms with Crippen molar-refractivity contribution in [3.63, 3.8) is 0 Å². The zero-order chi connectivity index (χ0) is 13.2. The lowest BCUT2D eigenvalue weighted by molar-refractivity contribution is 0.509. The second kappa shape index (κ2) is 9.15. The number of imidazole rings is 1. The fourth-order valence-corrected chi connectivity index (χ4v) is 2.15. The molecule has 104 valence electrons. The van der Waals surface area contributed by atoms with Crippen LogP contribution in [0.3, 0.4) is 0 Å². The van der Waals surface area contributed by atoms with E-state index < -0.39 is 0 Å². The van der Waals surface area contributed by atoms with Gasteiger partial charge in [0.25, 0.3) is 0 Å². The Hall–Kier alpha value is -0.830. The molecule has 1 aromatic rings. The zero-order valence-electron chi connectivity index (χ0n) is 12.3. The van der Waals surface area contributed by atoms with Crippen molar-refractivity contribution in [2.45, 2.75) is 66.0 Å². The molecule has 1 aromatic heterocycles. The van der Waals surface area contributed by atoms with E-state index in [4.69, 9.17) is 0 Å². The topological polar surface area (TPSA) is 29.9 Å². The molecule has 0 aliphatic carbocycles. The fraction of sp³-hybridized carbons (Fsp3) is 0.800. The first-order valence-electron chi connectivity index (χ1n) is 7.44. The third kappa shape index (κ3) is 6.20. The highest BCUT2D eigenvalue weighted by atomic mass is 15.1. The minimum Gasteiger partial charge on any atom is -0.334 e. The molecule has 0 amide bonds. The van der Waals surface area contributed by atoms with Gasteiger partial charge < -0.3 is 9.88 Å². The Morgan fingerprint density at radius 2 is 2.00 bits per heavy atom. The second-order valence-electron chi connectivity index (χ2n) is 5.40. The third-order valence-electron chi connectivity index (χ3n) is 3.31. The van der Waals surface area contributed by atoms with Gasteiger partial charge in [0.05, 0.1) is 6.54 Å². The van der Waals surface area contributed by atoms with Crippen LogP contribution in [0, 0.1) is 5.92 Å². The Balaban J connectivity index is 1.96. The first-order valence-corrected chi connectivity index (χ1v) is 7.44. The van der Waals surface area contributed by atoms with Crippen molar-refractivity contribution in [2.75, 3.05) is 6.54 Å². The number of hydrogen-bond donors (Lipinski definition) is 1. The number of rotatable bonds is 10. The molecule has 18 heavy (non-hydrogen) atoms. The molecule has 1 rings (SSSR count). The molecule has 3 nitrogen and oxygen atoms in total. The maximum absolute atomic E-state index is 4.35. The van der Waals surface area contributed by atoms with E-state index in [1.54, 1.807) is 0 Å². The van der Waals surface area contributed by atoms with E-state index in [0.717, 1.165) is 31.4 Å². The van der Waals surface area contributed by atoms with Crippen molar-refractivity contribution in [3.05, 3.63) is 18.2 Å². The summed E-state index contributed by atoms with van der Waals surface area (Å²) >= 11 is 0. The highest BCUT2D eigenvalue weighted by Crippen LogP contribution is 2.09. The van der Waals surface area contributed by atoms with Gasteiger partial charge in [0.1, 0.15) is 5.82 Å². The minimum absolute atomic E-state index is 0.857. The largest absolute Gasteiger partial charge is 0.334 e. The van der Waals surface area contributed by atoms with Gasteiger partial charge in [0.2, 0.25) is 0 Å². The summed E-state index contributed by atoms with van der Waals surface area (Å²) in [6.45, 7) is 9.77. The average molecular weight is 251 g/mol. The van der Waals surface area contributed by atoms with Crippen molar-refractivity contribution in [3.8, 4) is 0 Å². The van der Waals surface area contributed by atoms with E-state index in [1.165, 1.54) is 32.1 Å². The van der Waals surface area contributed by atoms with E-state index in [2.05, 4.69) is 35.6 Å². The van der Waals surface area contributed by atoms with Crippen LogP contribution in [0.25, 0.3) is 0 Å². The third-order valence-corrected chi connectivity index (χ3v) is 3.31. The molecule has 0 aromatic carbocycles. The van der Waals surface area contributed by atoms with E-state index in [1.807, 2.05) is 12.4 Å². The normalized spacial score (nSPS) is 11.3. The lowest BCUT2D eigenvalue weighted by Gasteiger charge is -2.07. The van der Waals surface area contributed by atoms with Gasteiger partial charge in [-0.2, -0.15) is 0 Å². The van der Waals surface area contributed by atoms with Gasteiger partial charge in [-0.05, 0) is 25.8 Å². The summed E-state index contributed by atoms with van der Waals surface area (Å²) in [5.74, 6) is 2.01. The second-order valence-corrected chi connectivity index (χ2v) is 5.40. The van der Waals surface area contributed by atoms with Gasteiger partial charge in [-0.1, -0.05) is 39.5 Å². The molecule has 0 spiro atoms. The standard InChI is InChI=1S/C15H29N3/c1-4-18-12-11-17-15(18)13-16-10-8-6-5-7-9-14(2)3/h11-12,14,16H,4-10,13H2,1-3H3. The molecule has 0 saturated carbocycles. The number of aromatic nitrogens is 2. The Morgan fingerprint density at radius 1 is 1.22 bits per heavy atom. The Kier molecular flexibility index (Phi) is 7.74. The summed E-state index contributed by atoms with van der Waals surface area (Å²) in [5.41, 5.74) is 0. The summed E-state index contributed by atoms with van der Waals surface area (Å²) in [6, 6.07) is 0. The number of nitrogens with one attached hydrogen (secondary N) is 1. The van der Waals surface area contributed by atoms with E-state index in [9.17, 15) is 0 Å². The molecule has 0 fully saturated rings. The SMILES string of the molecule is CCn1ccnc1CNCCCCCCC(C)C. The number of nitrogens with zero attached hydrogens (tertiary/aromatic N) is 2. The Morgan fingerprint density at radius 3 is 2.72 bits per heavy atom. The van der Waals surface area contributed by atoms with Gasteiger partial charge in [-0.3, -0.25) is 0 Å². The van der Waals surface area contributed by atoms with Gasteiger partial charge in [-0.25, -0.2) is 4.98 Å². The lowest BCUT2D eigenvalue weighted by Crippen LogP contribution is -2.17. The van der Waals surface area contributed by atoms with Gasteiger partial charge in [-0.15, -0.1) is 0 Å². The minimum atomic E-state index is 0.857. The van der Waals surface area contributed by atoms with Crippen LogP contribution in [0.4, 0.5) is 0 Å². The predicted octanol–water partition coefficient (Wildman–Crippen LogP) is 3.60. The molecular weight excluding hydrogens is 222 g/mol. The number of unbranched alkanes of at least 4 members (excludes halogenated alkanes) is 3. The number of aryl methyl sites for hydroxylation is 1. The average Bonchev–Trinajstić information content (AvgIpc) is 2.79. The van der Waals surface area contributed by atoms with Crippen molar-refractivity contribution in [1.82, 2.24) is 14.9 Å². The zero-order valence-corrected chi connectivity index (χ0v) is 12.3. The summed E-state index contributed by atoms with van der Waals surface area (Å²) in [5, 5.41) is 3.48. The molecule has 3 heteroatoms. The molecule has 0 atom stereocenters. The Bertz CT molecular complexity index is 304. The quantitative estimate of drug-likeness (QED) is 0.644. The Labute approximate surface area is 112 Å². The predicted molar refractivity (Wildman–Crippen MR) is 77.5 cm³/mol. The van der Waals surface area contributed by atoms with Gasteiger partial charge in [0, 0.05) is 18.9 Å². The van der Waals surface area contributed by atoms with Crippen LogP contribution in [-0.4, -0.2) is 16.1 Å². The van der Waals surface area contributed by atoms with E-state index >= 15 is 0 Å². The molecule has 0 bridgehead atoms. The highest BCUT2D eigenvalue weighted by Gasteiger charge is 1.99. The van der Waals surface area contributed by atoms with Crippen LogP contribution in [0.5, 0.6) is 0 Å². The van der Waals surface area contributed by atoms with Crippen LogP contribution in [0.1, 0.15) is 58.7 Å². The smallest absolute Gasteiger partial charge is 0.122 e. The van der Waals surface area contributed by atoms with E-state index in [0.29, 0.717) is 0 Å². The van der Waals surface area contributed by atoms with Crippen LogP contribution in [-0.2, 0) is 13.1 Å². The summed E-state index contributed by atoms with van der Waals surface area (Å²) in [4.78, 5) is 4.35. The maximum atomic E-state index is 4.35. The fourth-order valence-electron chi connectivity index (χ4n) is 2.15. The molecular formula is C15H29N3. The summed E-state index contributed by atoms with van der Waals surface area (Å²) in [6.07, 6.45) is 10.7. The van der Waals surface area contributed by atoms with Crippen LogP contribution in [0.15, 0.2) is 12.4 Å². The molecule has 0 aliphatic rings.